The maximum atomic E-state index is 11.2. The second kappa shape index (κ2) is 7.38. The Bertz CT molecular complexity index is 262. The molecule has 0 aliphatic rings. The molecule has 0 unspecified atom stereocenters. The van der Waals surface area contributed by atoms with Crippen molar-refractivity contribution in [3.63, 3.8) is 0 Å². The fraction of sp³-hybridized carbons (Fsp3) is 0.778. The first-order valence-corrected chi connectivity index (χ1v) is 7.06. The normalized spacial score (nSPS) is 11.3. The molecule has 100 valence electrons. The molecule has 2 N–H and O–H groups in total. The molecule has 0 aliphatic heterocycles. The van der Waals surface area contributed by atoms with E-state index in [0.29, 0.717) is 19.0 Å². The first-order valence-electron chi connectivity index (χ1n) is 5.12. The summed E-state index contributed by atoms with van der Waals surface area (Å²) in [5.74, 6) is -1.66. The molecule has 0 atom stereocenters. The van der Waals surface area contributed by atoms with Crippen LogP contribution < -0.4 is 5.73 Å². The Morgan fingerprint density at radius 3 is 2.00 bits per heavy atom. The summed E-state index contributed by atoms with van der Waals surface area (Å²) in [6, 6.07) is 0.562. The van der Waals surface area contributed by atoms with E-state index in [0.717, 1.165) is 0 Å². The third kappa shape index (κ3) is 4.82. The van der Waals surface area contributed by atoms with Gasteiger partial charge in [-0.05, 0) is 6.42 Å². The monoisotopic (exact) mass is 264 g/mol. The Kier molecular flexibility index (Phi) is 6.96. The Balaban J connectivity index is 4.13. The van der Waals surface area contributed by atoms with Gasteiger partial charge in [0.1, 0.15) is 0 Å². The Morgan fingerprint density at radius 2 is 1.65 bits per heavy atom. The highest BCUT2D eigenvalue weighted by atomic mass is 28.4. The number of rotatable bonds is 7. The molecule has 0 heterocycles. The van der Waals surface area contributed by atoms with E-state index in [9.17, 15) is 9.59 Å². The highest BCUT2D eigenvalue weighted by Crippen LogP contribution is 2.15. The number of primary amides is 1. The summed E-state index contributed by atoms with van der Waals surface area (Å²) in [7, 11) is 3.49. The van der Waals surface area contributed by atoms with Crippen molar-refractivity contribution in [2.24, 2.45) is 5.73 Å². The SMILES string of the molecule is CO[Si](CCCN(C)C(=O)C(N)=O)(OC)OC. The fourth-order valence-electron chi connectivity index (χ4n) is 1.38. The van der Waals surface area contributed by atoms with E-state index in [1.807, 2.05) is 0 Å². The lowest BCUT2D eigenvalue weighted by Gasteiger charge is -2.25. The molecule has 0 aromatic carbocycles. The summed E-state index contributed by atoms with van der Waals surface area (Å²) in [4.78, 5) is 23.1. The van der Waals surface area contributed by atoms with Gasteiger partial charge in [0.2, 0.25) is 0 Å². The summed E-state index contributed by atoms with van der Waals surface area (Å²) in [5, 5.41) is 0. The average molecular weight is 264 g/mol. The van der Waals surface area contributed by atoms with Gasteiger partial charge in [-0.15, -0.1) is 0 Å². The van der Waals surface area contributed by atoms with E-state index in [2.05, 4.69) is 0 Å². The number of hydrogen-bond acceptors (Lipinski definition) is 5. The van der Waals surface area contributed by atoms with E-state index in [1.54, 1.807) is 0 Å². The molecular weight excluding hydrogens is 244 g/mol. The minimum atomic E-state index is -2.60. The van der Waals surface area contributed by atoms with Gasteiger partial charge in [0.15, 0.2) is 0 Å². The highest BCUT2D eigenvalue weighted by molar-refractivity contribution is 6.60. The minimum Gasteiger partial charge on any atom is -0.377 e. The van der Waals surface area contributed by atoms with E-state index >= 15 is 0 Å². The van der Waals surface area contributed by atoms with Gasteiger partial charge >= 0.3 is 20.6 Å². The Morgan fingerprint density at radius 1 is 1.18 bits per heavy atom. The van der Waals surface area contributed by atoms with Crippen molar-refractivity contribution < 1.29 is 22.9 Å². The molecule has 0 saturated heterocycles. The van der Waals surface area contributed by atoms with Crippen molar-refractivity contribution in [1.29, 1.82) is 0 Å². The van der Waals surface area contributed by atoms with Crippen LogP contribution in [0.5, 0.6) is 0 Å². The summed E-state index contributed by atoms with van der Waals surface area (Å²) in [5.41, 5.74) is 4.88. The highest BCUT2D eigenvalue weighted by Gasteiger charge is 2.37. The maximum absolute atomic E-state index is 11.2. The van der Waals surface area contributed by atoms with Crippen LogP contribution in [0.1, 0.15) is 6.42 Å². The van der Waals surface area contributed by atoms with Gasteiger partial charge in [0.25, 0.3) is 0 Å². The number of carbonyl (C=O) groups is 2. The third-order valence-electron chi connectivity index (χ3n) is 2.47. The number of hydrogen-bond donors (Lipinski definition) is 1. The van der Waals surface area contributed by atoms with E-state index in [1.165, 1.54) is 33.3 Å². The van der Waals surface area contributed by atoms with E-state index < -0.39 is 20.6 Å². The van der Waals surface area contributed by atoms with Gasteiger partial charge in [0, 0.05) is 41.0 Å². The van der Waals surface area contributed by atoms with Gasteiger partial charge in [-0.1, -0.05) is 0 Å². The van der Waals surface area contributed by atoms with E-state index in [-0.39, 0.29) is 0 Å². The van der Waals surface area contributed by atoms with Crippen molar-refractivity contribution in [1.82, 2.24) is 4.90 Å². The molecule has 0 rings (SSSR count). The number of amides is 2. The largest absolute Gasteiger partial charge is 0.500 e. The zero-order valence-electron chi connectivity index (χ0n) is 10.7. The molecular formula is C9H20N2O5Si. The lowest BCUT2D eigenvalue weighted by molar-refractivity contribution is -0.143. The molecule has 2 amide bonds. The molecule has 0 aromatic heterocycles. The predicted octanol–water partition coefficient (Wildman–Crippen LogP) is -0.802. The predicted molar refractivity (Wildman–Crippen MR) is 63.0 cm³/mol. The molecule has 17 heavy (non-hydrogen) atoms. The fourth-order valence-corrected chi connectivity index (χ4v) is 3.08. The van der Waals surface area contributed by atoms with Crippen LogP contribution in [0.15, 0.2) is 0 Å². The zero-order valence-corrected chi connectivity index (χ0v) is 11.7. The molecule has 8 heteroatoms. The van der Waals surface area contributed by atoms with Crippen molar-refractivity contribution in [2.45, 2.75) is 12.5 Å². The van der Waals surface area contributed by atoms with Crippen LogP contribution in [-0.4, -0.2) is 60.4 Å². The summed E-state index contributed by atoms with van der Waals surface area (Å²) < 4.78 is 15.7. The number of nitrogens with zero attached hydrogens (tertiary/aromatic N) is 1. The van der Waals surface area contributed by atoms with Crippen molar-refractivity contribution >= 4 is 20.6 Å². The van der Waals surface area contributed by atoms with E-state index in [4.69, 9.17) is 19.0 Å². The second-order valence-electron chi connectivity index (χ2n) is 3.49. The molecule has 0 radical (unpaired) electrons. The molecule has 0 bridgehead atoms. The van der Waals surface area contributed by atoms with Crippen molar-refractivity contribution in [3.05, 3.63) is 0 Å². The van der Waals surface area contributed by atoms with Gasteiger partial charge in [0.05, 0.1) is 0 Å². The molecule has 7 nitrogen and oxygen atoms in total. The van der Waals surface area contributed by atoms with Crippen LogP contribution >= 0.6 is 0 Å². The van der Waals surface area contributed by atoms with Crippen molar-refractivity contribution in [2.75, 3.05) is 34.9 Å². The van der Waals surface area contributed by atoms with Crippen LogP contribution in [0.2, 0.25) is 6.04 Å². The number of likely N-dealkylation sites (N-methyl/N-ethyl adjacent to an activating group) is 1. The van der Waals surface area contributed by atoms with Crippen LogP contribution in [0.3, 0.4) is 0 Å². The third-order valence-corrected chi connectivity index (χ3v) is 5.30. The number of carbonyl (C=O) groups excluding carboxylic acids is 2. The average Bonchev–Trinajstić information content (AvgIpc) is 2.34. The van der Waals surface area contributed by atoms with Crippen LogP contribution in [0, 0.1) is 0 Å². The lowest BCUT2D eigenvalue weighted by atomic mass is 10.4. The topological polar surface area (TPSA) is 91.1 Å². The van der Waals surface area contributed by atoms with Gasteiger partial charge in [-0.3, -0.25) is 9.59 Å². The molecule has 0 spiro atoms. The summed E-state index contributed by atoms with van der Waals surface area (Å²) in [6.45, 7) is 0.395. The Labute approximate surface area is 102 Å². The maximum Gasteiger partial charge on any atom is 0.500 e. The molecule has 0 fully saturated rings. The lowest BCUT2D eigenvalue weighted by Crippen LogP contribution is -2.44. The van der Waals surface area contributed by atoms with Crippen molar-refractivity contribution in [3.8, 4) is 0 Å². The Hall–Kier alpha value is -0.963. The van der Waals surface area contributed by atoms with Crippen LogP contribution in [0.25, 0.3) is 0 Å². The quantitative estimate of drug-likeness (QED) is 0.480. The molecule has 0 aromatic rings. The van der Waals surface area contributed by atoms with Gasteiger partial charge < -0.3 is 23.9 Å². The van der Waals surface area contributed by atoms with Crippen LogP contribution in [-0.2, 0) is 22.9 Å². The first kappa shape index (κ1) is 16.0. The molecule has 0 aliphatic carbocycles. The molecule has 0 saturated carbocycles. The number of nitrogens with two attached hydrogens (primary N) is 1. The smallest absolute Gasteiger partial charge is 0.377 e. The zero-order chi connectivity index (χ0) is 13.5. The summed E-state index contributed by atoms with van der Waals surface area (Å²) in [6.07, 6.45) is 0.608. The first-order chi connectivity index (χ1) is 7.92. The minimum absolute atomic E-state index is 0.395. The van der Waals surface area contributed by atoms with Gasteiger partial charge in [-0.25, -0.2) is 0 Å². The summed E-state index contributed by atoms with van der Waals surface area (Å²) >= 11 is 0. The van der Waals surface area contributed by atoms with Gasteiger partial charge in [-0.2, -0.15) is 0 Å². The second-order valence-corrected chi connectivity index (χ2v) is 6.58. The van der Waals surface area contributed by atoms with Crippen LogP contribution in [0.4, 0.5) is 0 Å². The standard InChI is InChI=1S/C9H20N2O5Si/c1-11(9(13)8(10)12)6-5-7-17(14-2,15-3)16-4/h5-7H2,1-4H3,(H2,10,12).